The lowest BCUT2D eigenvalue weighted by Gasteiger charge is -2.12. The Morgan fingerprint density at radius 3 is 2.74 bits per heavy atom. The molecule has 0 bridgehead atoms. The summed E-state index contributed by atoms with van der Waals surface area (Å²) >= 11 is 0. The summed E-state index contributed by atoms with van der Waals surface area (Å²) in [4.78, 5) is 0. The van der Waals surface area contributed by atoms with E-state index in [1.807, 2.05) is 34.9 Å². The molecule has 0 atom stereocenters. The van der Waals surface area contributed by atoms with Crippen molar-refractivity contribution in [3.8, 4) is 11.5 Å². The molecule has 2 N–H and O–H groups in total. The van der Waals surface area contributed by atoms with Crippen molar-refractivity contribution in [1.82, 2.24) is 4.57 Å². The smallest absolute Gasteiger partial charge is 0.243 e. The van der Waals surface area contributed by atoms with E-state index in [0.717, 1.165) is 5.56 Å². The molecule has 0 saturated carbocycles. The van der Waals surface area contributed by atoms with Crippen LogP contribution in [0.25, 0.3) is 0 Å². The van der Waals surface area contributed by atoms with Gasteiger partial charge in [-0.25, -0.2) is 17.6 Å². The molecule has 2 aromatic rings. The van der Waals surface area contributed by atoms with Gasteiger partial charge < -0.3 is 9.84 Å². The quantitative estimate of drug-likeness (QED) is 0.585. The predicted molar refractivity (Wildman–Crippen MR) is 87.0 cm³/mol. The molecule has 126 valence electrons. The van der Waals surface area contributed by atoms with Crippen molar-refractivity contribution in [3.63, 3.8) is 0 Å². The number of methoxy groups -OCH3 is 1. The van der Waals surface area contributed by atoms with E-state index < -0.39 is 10.0 Å². The number of anilines is 1. The van der Waals surface area contributed by atoms with E-state index >= 15 is 0 Å². The summed E-state index contributed by atoms with van der Waals surface area (Å²) in [7, 11) is -0.144. The molecule has 0 unspecified atom stereocenters. The van der Waals surface area contributed by atoms with Gasteiger partial charge in [0.2, 0.25) is 16.4 Å². The SMILES string of the molecule is COc1cc(NS(=O)(=O)CCCn2cc[n+](C)c2)c(O)cc1C. The monoisotopic (exact) mass is 340 g/mol. The number of aryl methyl sites for hydroxylation is 3. The summed E-state index contributed by atoms with van der Waals surface area (Å²) < 4.78 is 35.7. The van der Waals surface area contributed by atoms with Crippen LogP contribution < -0.4 is 14.0 Å². The highest BCUT2D eigenvalue weighted by atomic mass is 32.2. The zero-order valence-corrected chi connectivity index (χ0v) is 14.3. The Morgan fingerprint density at radius 1 is 1.39 bits per heavy atom. The average molecular weight is 340 g/mol. The fourth-order valence-corrected chi connectivity index (χ4v) is 3.37. The standard InChI is InChI=1S/C15H21N3O4S/c1-12-9-14(19)13(10-15(12)22-3)16-23(20,21)8-4-5-18-7-6-17(2)11-18/h6-7,9-11,16H,4-5,8H2,1-3H3/p+1. The Kier molecular flexibility index (Phi) is 5.15. The number of hydrogen-bond acceptors (Lipinski definition) is 4. The predicted octanol–water partition coefficient (Wildman–Crippen LogP) is 1.17. The van der Waals surface area contributed by atoms with Crippen LogP contribution in [0.2, 0.25) is 0 Å². The van der Waals surface area contributed by atoms with Gasteiger partial charge in [-0.2, -0.15) is 0 Å². The van der Waals surface area contributed by atoms with E-state index in [-0.39, 0.29) is 17.2 Å². The van der Waals surface area contributed by atoms with E-state index in [1.54, 1.807) is 6.92 Å². The third kappa shape index (κ3) is 4.62. The van der Waals surface area contributed by atoms with Crippen LogP contribution in [0.4, 0.5) is 5.69 Å². The fourth-order valence-electron chi connectivity index (χ4n) is 2.26. The lowest BCUT2D eigenvalue weighted by molar-refractivity contribution is -0.671. The second-order valence-corrected chi connectivity index (χ2v) is 7.27. The minimum Gasteiger partial charge on any atom is -0.506 e. The normalized spacial score (nSPS) is 11.4. The topological polar surface area (TPSA) is 84.4 Å². The highest BCUT2D eigenvalue weighted by Gasteiger charge is 2.15. The zero-order chi connectivity index (χ0) is 17.0. The van der Waals surface area contributed by atoms with Crippen molar-refractivity contribution in [2.45, 2.75) is 19.9 Å². The molecule has 1 aromatic carbocycles. The zero-order valence-electron chi connectivity index (χ0n) is 13.5. The summed E-state index contributed by atoms with van der Waals surface area (Å²) in [6.07, 6.45) is 6.13. The van der Waals surface area contributed by atoms with Gasteiger partial charge in [-0.05, 0) is 18.6 Å². The Bertz CT molecular complexity index is 784. The number of imidazole rings is 1. The maximum Gasteiger partial charge on any atom is 0.243 e. The van der Waals surface area contributed by atoms with E-state index in [4.69, 9.17) is 4.74 Å². The van der Waals surface area contributed by atoms with Crippen LogP contribution in [0.15, 0.2) is 30.9 Å². The molecule has 7 nitrogen and oxygen atoms in total. The largest absolute Gasteiger partial charge is 0.506 e. The number of nitrogens with zero attached hydrogens (tertiary/aromatic N) is 2. The number of aromatic hydroxyl groups is 1. The molecule has 0 saturated heterocycles. The highest BCUT2D eigenvalue weighted by Crippen LogP contribution is 2.32. The molecule has 0 spiro atoms. The van der Waals surface area contributed by atoms with Gasteiger partial charge in [-0.15, -0.1) is 0 Å². The second-order valence-electron chi connectivity index (χ2n) is 5.43. The Balaban J connectivity index is 2.00. The molecule has 0 fully saturated rings. The summed E-state index contributed by atoms with van der Waals surface area (Å²) in [6, 6.07) is 2.95. The molecule has 0 aliphatic rings. The number of benzene rings is 1. The van der Waals surface area contributed by atoms with E-state index in [9.17, 15) is 13.5 Å². The molecule has 23 heavy (non-hydrogen) atoms. The van der Waals surface area contributed by atoms with E-state index in [2.05, 4.69) is 4.72 Å². The van der Waals surface area contributed by atoms with Crippen LogP contribution in [0.5, 0.6) is 11.5 Å². The lowest BCUT2D eigenvalue weighted by atomic mass is 10.2. The fraction of sp³-hybridized carbons (Fsp3) is 0.400. The van der Waals surface area contributed by atoms with Crippen LogP contribution in [-0.4, -0.2) is 31.0 Å². The van der Waals surface area contributed by atoms with E-state index in [1.165, 1.54) is 19.2 Å². The first-order valence-electron chi connectivity index (χ1n) is 7.20. The lowest BCUT2D eigenvalue weighted by Crippen LogP contribution is -2.24. The van der Waals surface area contributed by atoms with Crippen molar-refractivity contribution >= 4 is 15.7 Å². The van der Waals surface area contributed by atoms with Crippen LogP contribution in [0.1, 0.15) is 12.0 Å². The maximum absolute atomic E-state index is 12.2. The first-order valence-corrected chi connectivity index (χ1v) is 8.85. The summed E-state index contributed by atoms with van der Waals surface area (Å²) in [5, 5.41) is 9.89. The molecular weight excluding hydrogens is 318 g/mol. The third-order valence-electron chi connectivity index (χ3n) is 3.43. The molecule has 0 aliphatic heterocycles. The molecule has 0 amide bonds. The Morgan fingerprint density at radius 2 is 2.13 bits per heavy atom. The van der Waals surface area contributed by atoms with Gasteiger partial charge in [0.15, 0.2) is 0 Å². The average Bonchev–Trinajstić information content (AvgIpc) is 2.87. The van der Waals surface area contributed by atoms with Crippen LogP contribution in [0, 0.1) is 6.92 Å². The summed E-state index contributed by atoms with van der Waals surface area (Å²) in [5.41, 5.74) is 0.855. The Hall–Kier alpha value is -2.22. The number of sulfonamides is 1. The van der Waals surface area contributed by atoms with Gasteiger partial charge in [0.05, 0.1) is 32.1 Å². The first kappa shape index (κ1) is 17.1. The number of nitrogens with one attached hydrogen (secondary N) is 1. The van der Waals surface area contributed by atoms with Crippen molar-refractivity contribution in [2.75, 3.05) is 17.6 Å². The minimum atomic E-state index is -3.54. The van der Waals surface area contributed by atoms with Crippen LogP contribution in [0.3, 0.4) is 0 Å². The maximum atomic E-state index is 12.2. The molecule has 1 aromatic heterocycles. The highest BCUT2D eigenvalue weighted by molar-refractivity contribution is 7.92. The van der Waals surface area contributed by atoms with Crippen molar-refractivity contribution < 1.29 is 22.8 Å². The van der Waals surface area contributed by atoms with E-state index in [0.29, 0.717) is 18.7 Å². The van der Waals surface area contributed by atoms with Crippen molar-refractivity contribution in [3.05, 3.63) is 36.4 Å². The first-order chi connectivity index (χ1) is 10.8. The molecule has 2 rings (SSSR count). The van der Waals surface area contributed by atoms with Gasteiger partial charge in [0, 0.05) is 12.5 Å². The second kappa shape index (κ2) is 6.91. The molecule has 1 heterocycles. The number of ether oxygens (including phenoxy) is 1. The summed E-state index contributed by atoms with van der Waals surface area (Å²) in [6.45, 7) is 2.37. The molecule has 0 radical (unpaired) electrons. The van der Waals surface area contributed by atoms with Crippen molar-refractivity contribution in [1.29, 1.82) is 0 Å². The number of hydrogen-bond donors (Lipinski definition) is 2. The molecule has 0 aliphatic carbocycles. The van der Waals surface area contributed by atoms with Gasteiger partial charge >= 0.3 is 0 Å². The number of aromatic nitrogens is 2. The Labute approximate surface area is 136 Å². The van der Waals surface area contributed by atoms with Gasteiger partial charge in [0.1, 0.15) is 23.9 Å². The van der Waals surface area contributed by atoms with Gasteiger partial charge in [0.25, 0.3) is 0 Å². The number of phenols is 1. The van der Waals surface area contributed by atoms with Crippen LogP contribution in [-0.2, 0) is 23.6 Å². The molecule has 8 heteroatoms. The van der Waals surface area contributed by atoms with Gasteiger partial charge in [-0.3, -0.25) is 4.72 Å². The number of phenolic OH excluding ortho intramolecular Hbond substituents is 1. The summed E-state index contributed by atoms with van der Waals surface area (Å²) in [5.74, 6) is 0.356. The minimum absolute atomic E-state index is 0.0372. The van der Waals surface area contributed by atoms with Gasteiger partial charge in [-0.1, -0.05) is 0 Å². The van der Waals surface area contributed by atoms with Crippen molar-refractivity contribution in [2.24, 2.45) is 7.05 Å². The number of rotatable bonds is 7. The third-order valence-corrected chi connectivity index (χ3v) is 4.79. The van der Waals surface area contributed by atoms with Crippen LogP contribution >= 0.6 is 0 Å². The molecular formula is C15H22N3O4S+.